The third-order valence-corrected chi connectivity index (χ3v) is 3.44. The molecule has 3 heteroatoms. The molecule has 1 atom stereocenters. The molecule has 1 amide bonds. The van der Waals surface area contributed by atoms with Gasteiger partial charge in [-0.15, -0.1) is 0 Å². The third-order valence-electron chi connectivity index (χ3n) is 3.44. The Morgan fingerprint density at radius 1 is 1.29 bits per heavy atom. The van der Waals surface area contributed by atoms with Crippen LogP contribution >= 0.6 is 0 Å². The largest absolute Gasteiger partial charge is 0.313 e. The normalized spacial score (nSPS) is 18.7. The van der Waals surface area contributed by atoms with Gasteiger partial charge in [0.25, 0.3) is 0 Å². The van der Waals surface area contributed by atoms with Gasteiger partial charge in [-0.1, -0.05) is 19.1 Å². The van der Waals surface area contributed by atoms with E-state index in [1.54, 1.807) is 4.90 Å². The van der Waals surface area contributed by atoms with Crippen molar-refractivity contribution in [2.75, 3.05) is 18.5 Å². The molecule has 0 saturated heterocycles. The predicted octanol–water partition coefficient (Wildman–Crippen LogP) is 2.32. The summed E-state index contributed by atoms with van der Waals surface area (Å²) in [5.74, 6) is 0.158. The fraction of sp³-hybridized carbons (Fsp3) is 0.500. The third kappa shape index (κ3) is 1.84. The molecule has 0 radical (unpaired) electrons. The number of likely N-dealkylation sites (N-methyl/N-ethyl adjacent to an activating group) is 1. The number of carbonyl (C=O) groups is 1. The zero-order valence-electron chi connectivity index (χ0n) is 11.0. The molecule has 3 nitrogen and oxygen atoms in total. The maximum absolute atomic E-state index is 12.2. The minimum absolute atomic E-state index is 0.158. The first-order chi connectivity index (χ1) is 8.07. The zero-order chi connectivity index (χ0) is 12.6. The molecule has 0 aromatic heterocycles. The minimum atomic E-state index is -0.158. The Balaban J connectivity index is 2.48. The molecule has 1 unspecified atom stereocenters. The van der Waals surface area contributed by atoms with E-state index >= 15 is 0 Å². The highest BCUT2D eigenvalue weighted by Crippen LogP contribution is 2.39. The van der Waals surface area contributed by atoms with E-state index in [-0.39, 0.29) is 11.9 Å². The molecular formula is C14H20N2O. The van der Waals surface area contributed by atoms with E-state index in [4.69, 9.17) is 0 Å². The lowest BCUT2D eigenvalue weighted by atomic mass is 9.99. The van der Waals surface area contributed by atoms with Crippen LogP contribution in [0.1, 0.15) is 36.1 Å². The van der Waals surface area contributed by atoms with Crippen LogP contribution in [0.25, 0.3) is 0 Å². The van der Waals surface area contributed by atoms with Crippen LogP contribution < -0.4 is 10.2 Å². The van der Waals surface area contributed by atoms with Crippen molar-refractivity contribution in [2.45, 2.75) is 33.2 Å². The Morgan fingerprint density at radius 3 is 2.59 bits per heavy atom. The number of hydrogen-bond donors (Lipinski definition) is 1. The van der Waals surface area contributed by atoms with E-state index in [0.717, 1.165) is 24.2 Å². The zero-order valence-corrected chi connectivity index (χ0v) is 11.0. The lowest BCUT2D eigenvalue weighted by Crippen LogP contribution is -2.32. The van der Waals surface area contributed by atoms with E-state index in [0.29, 0.717) is 0 Å². The van der Waals surface area contributed by atoms with Gasteiger partial charge >= 0.3 is 0 Å². The van der Waals surface area contributed by atoms with Gasteiger partial charge in [0.1, 0.15) is 6.04 Å². The Morgan fingerprint density at radius 2 is 1.94 bits per heavy atom. The van der Waals surface area contributed by atoms with Gasteiger partial charge in [0, 0.05) is 12.6 Å². The molecule has 1 aromatic rings. The van der Waals surface area contributed by atoms with Gasteiger partial charge in [-0.3, -0.25) is 4.79 Å². The Hall–Kier alpha value is -1.35. The molecule has 17 heavy (non-hydrogen) atoms. The summed E-state index contributed by atoms with van der Waals surface area (Å²) in [6.45, 7) is 7.12. The highest BCUT2D eigenvalue weighted by atomic mass is 16.2. The van der Waals surface area contributed by atoms with Crippen molar-refractivity contribution >= 4 is 11.6 Å². The number of fused-ring (bicyclic) bond motifs is 1. The summed E-state index contributed by atoms with van der Waals surface area (Å²) in [5, 5.41) is 3.34. The molecule has 0 aliphatic carbocycles. The predicted molar refractivity (Wildman–Crippen MR) is 70.4 cm³/mol. The van der Waals surface area contributed by atoms with Crippen LogP contribution in [0.2, 0.25) is 0 Å². The number of benzene rings is 1. The Bertz CT molecular complexity index is 454. The topological polar surface area (TPSA) is 32.3 Å². The monoisotopic (exact) mass is 232 g/mol. The number of nitrogens with zero attached hydrogens (tertiary/aromatic N) is 1. The van der Waals surface area contributed by atoms with E-state index in [1.807, 2.05) is 7.05 Å². The molecule has 0 bridgehead atoms. The summed E-state index contributed by atoms with van der Waals surface area (Å²) in [4.78, 5) is 14.0. The van der Waals surface area contributed by atoms with Crippen LogP contribution in [0.5, 0.6) is 0 Å². The quantitative estimate of drug-likeness (QED) is 0.867. The standard InChI is InChI=1S/C14H20N2O/c1-5-8-15-12-11-9(2)6-7-10(3)13(11)16(4)14(12)17/h6-7,12,15H,5,8H2,1-4H3. The summed E-state index contributed by atoms with van der Waals surface area (Å²) >= 11 is 0. The number of nitrogens with one attached hydrogen (secondary N) is 1. The summed E-state index contributed by atoms with van der Waals surface area (Å²) in [6.07, 6.45) is 1.04. The fourth-order valence-corrected chi connectivity index (χ4v) is 2.53. The maximum atomic E-state index is 12.2. The average molecular weight is 232 g/mol. The van der Waals surface area contributed by atoms with Crippen LogP contribution in [0, 0.1) is 13.8 Å². The van der Waals surface area contributed by atoms with Gasteiger partial charge in [-0.05, 0) is 37.9 Å². The number of aryl methyl sites for hydroxylation is 2. The van der Waals surface area contributed by atoms with Gasteiger partial charge in [0.15, 0.2) is 0 Å². The number of carbonyl (C=O) groups excluding carboxylic acids is 1. The highest BCUT2D eigenvalue weighted by molar-refractivity contribution is 6.05. The molecule has 2 rings (SSSR count). The lowest BCUT2D eigenvalue weighted by Gasteiger charge is -2.13. The van der Waals surface area contributed by atoms with Crippen LogP contribution in [0.4, 0.5) is 5.69 Å². The summed E-state index contributed by atoms with van der Waals surface area (Å²) in [5.41, 5.74) is 4.61. The van der Waals surface area contributed by atoms with E-state index in [9.17, 15) is 4.79 Å². The Kier molecular flexibility index (Phi) is 3.20. The first kappa shape index (κ1) is 12.1. The molecule has 1 N–H and O–H groups in total. The van der Waals surface area contributed by atoms with Crippen molar-refractivity contribution in [1.82, 2.24) is 5.32 Å². The number of rotatable bonds is 3. The van der Waals surface area contributed by atoms with Crippen LogP contribution in [-0.2, 0) is 4.79 Å². The van der Waals surface area contributed by atoms with Gasteiger partial charge in [-0.2, -0.15) is 0 Å². The van der Waals surface area contributed by atoms with Crippen molar-refractivity contribution in [1.29, 1.82) is 0 Å². The van der Waals surface area contributed by atoms with Crippen molar-refractivity contribution < 1.29 is 4.79 Å². The van der Waals surface area contributed by atoms with Crippen molar-refractivity contribution in [3.8, 4) is 0 Å². The summed E-state index contributed by atoms with van der Waals surface area (Å²) in [7, 11) is 1.86. The SMILES string of the molecule is CCCNC1C(=O)N(C)c2c(C)ccc(C)c21. The summed E-state index contributed by atoms with van der Waals surface area (Å²) < 4.78 is 0. The molecule has 1 aliphatic rings. The van der Waals surface area contributed by atoms with Gasteiger partial charge in [0.05, 0.1) is 5.69 Å². The molecule has 0 fully saturated rings. The van der Waals surface area contributed by atoms with Gasteiger partial charge in [0.2, 0.25) is 5.91 Å². The molecule has 1 aromatic carbocycles. The van der Waals surface area contributed by atoms with Crippen LogP contribution in [0.15, 0.2) is 12.1 Å². The smallest absolute Gasteiger partial charge is 0.248 e. The number of amides is 1. The second kappa shape index (κ2) is 4.49. The van der Waals surface area contributed by atoms with E-state index in [2.05, 4.69) is 38.2 Å². The molecule has 1 aliphatic heterocycles. The van der Waals surface area contributed by atoms with Crippen molar-refractivity contribution in [2.24, 2.45) is 0 Å². The van der Waals surface area contributed by atoms with Crippen LogP contribution in [0.3, 0.4) is 0 Å². The lowest BCUT2D eigenvalue weighted by molar-refractivity contribution is -0.119. The average Bonchev–Trinajstić information content (AvgIpc) is 2.56. The molecular weight excluding hydrogens is 212 g/mol. The summed E-state index contributed by atoms with van der Waals surface area (Å²) in [6, 6.07) is 4.02. The Labute approximate surface area is 103 Å². The second-order valence-corrected chi connectivity index (χ2v) is 4.75. The van der Waals surface area contributed by atoms with E-state index in [1.165, 1.54) is 11.1 Å². The molecule has 1 heterocycles. The van der Waals surface area contributed by atoms with Gasteiger partial charge < -0.3 is 10.2 Å². The highest BCUT2D eigenvalue weighted by Gasteiger charge is 2.36. The minimum Gasteiger partial charge on any atom is -0.313 e. The van der Waals surface area contributed by atoms with E-state index < -0.39 is 0 Å². The molecule has 0 saturated carbocycles. The first-order valence-electron chi connectivity index (χ1n) is 6.19. The van der Waals surface area contributed by atoms with Crippen LogP contribution in [-0.4, -0.2) is 19.5 Å². The second-order valence-electron chi connectivity index (χ2n) is 4.75. The van der Waals surface area contributed by atoms with Crippen molar-refractivity contribution in [3.05, 3.63) is 28.8 Å². The molecule has 92 valence electrons. The number of hydrogen-bond acceptors (Lipinski definition) is 2. The van der Waals surface area contributed by atoms with Crippen molar-refractivity contribution in [3.63, 3.8) is 0 Å². The maximum Gasteiger partial charge on any atom is 0.248 e. The fourth-order valence-electron chi connectivity index (χ4n) is 2.53. The van der Waals surface area contributed by atoms with Gasteiger partial charge in [-0.25, -0.2) is 0 Å². The molecule has 0 spiro atoms. The number of anilines is 1. The first-order valence-corrected chi connectivity index (χ1v) is 6.19.